The molecule has 0 bridgehead atoms. The molecule has 0 spiro atoms. The predicted molar refractivity (Wildman–Crippen MR) is 61.5 cm³/mol. The van der Waals surface area contributed by atoms with E-state index in [-0.39, 0.29) is 5.84 Å². The molecule has 76 valence electrons. The molecule has 4 nitrogen and oxygen atoms in total. The molecule has 0 amide bonds. The standard InChI is InChI=1S/C9H8N4S2/c10-8(11)7-5-6(1-2-12-7)15-9-13-3-4-14-9/h1-5H,(H3,10,11). The van der Waals surface area contributed by atoms with Crippen molar-refractivity contribution in [1.82, 2.24) is 9.97 Å². The highest BCUT2D eigenvalue weighted by Crippen LogP contribution is 2.28. The molecule has 2 heterocycles. The lowest BCUT2D eigenvalue weighted by molar-refractivity contribution is 1.20. The molecular weight excluding hydrogens is 228 g/mol. The largest absolute Gasteiger partial charge is 0.382 e. The number of aromatic nitrogens is 2. The third kappa shape index (κ3) is 2.54. The zero-order valence-corrected chi connectivity index (χ0v) is 9.31. The molecule has 0 saturated carbocycles. The van der Waals surface area contributed by atoms with Crippen LogP contribution in [0.15, 0.2) is 39.1 Å². The van der Waals surface area contributed by atoms with Crippen molar-refractivity contribution in [3.63, 3.8) is 0 Å². The third-order valence-electron chi connectivity index (χ3n) is 1.62. The molecule has 0 aliphatic heterocycles. The van der Waals surface area contributed by atoms with Crippen LogP contribution in [-0.4, -0.2) is 15.8 Å². The first kappa shape index (κ1) is 10.1. The normalized spacial score (nSPS) is 10.1. The fourth-order valence-electron chi connectivity index (χ4n) is 0.984. The number of thiazole rings is 1. The molecule has 15 heavy (non-hydrogen) atoms. The van der Waals surface area contributed by atoms with E-state index in [0.717, 1.165) is 9.24 Å². The average Bonchev–Trinajstić information content (AvgIpc) is 2.71. The molecule has 0 aliphatic carbocycles. The van der Waals surface area contributed by atoms with Crippen molar-refractivity contribution in [1.29, 1.82) is 5.41 Å². The first-order valence-electron chi connectivity index (χ1n) is 4.13. The number of hydrogen-bond donors (Lipinski definition) is 2. The number of pyridine rings is 1. The summed E-state index contributed by atoms with van der Waals surface area (Å²) in [5, 5.41) is 9.20. The van der Waals surface area contributed by atoms with Gasteiger partial charge in [0.25, 0.3) is 0 Å². The van der Waals surface area contributed by atoms with Gasteiger partial charge in [-0.25, -0.2) is 4.98 Å². The predicted octanol–water partition coefficient (Wildman–Crippen LogP) is 1.97. The maximum atomic E-state index is 7.27. The van der Waals surface area contributed by atoms with Gasteiger partial charge < -0.3 is 5.73 Å². The lowest BCUT2D eigenvalue weighted by Gasteiger charge is -2.00. The topological polar surface area (TPSA) is 75.7 Å². The van der Waals surface area contributed by atoms with Gasteiger partial charge in [-0.05, 0) is 12.1 Å². The Morgan fingerprint density at radius 1 is 1.40 bits per heavy atom. The summed E-state index contributed by atoms with van der Waals surface area (Å²) in [6, 6.07) is 3.66. The van der Waals surface area contributed by atoms with E-state index in [0.29, 0.717) is 5.69 Å². The fraction of sp³-hybridized carbons (Fsp3) is 0. The molecule has 0 unspecified atom stereocenters. The Morgan fingerprint density at radius 3 is 2.93 bits per heavy atom. The highest BCUT2D eigenvalue weighted by Gasteiger charge is 2.03. The number of nitrogens with two attached hydrogens (primary N) is 1. The van der Waals surface area contributed by atoms with E-state index in [1.54, 1.807) is 41.6 Å². The highest BCUT2D eigenvalue weighted by molar-refractivity contribution is 8.01. The molecule has 0 aliphatic rings. The molecular formula is C9H8N4S2. The Kier molecular flexibility index (Phi) is 2.98. The minimum atomic E-state index is -0.0170. The van der Waals surface area contributed by atoms with Crippen molar-refractivity contribution in [2.75, 3.05) is 0 Å². The number of rotatable bonds is 3. The van der Waals surface area contributed by atoms with Gasteiger partial charge in [-0.3, -0.25) is 10.4 Å². The Hall–Kier alpha value is -1.40. The van der Waals surface area contributed by atoms with Crippen LogP contribution in [-0.2, 0) is 0 Å². The SMILES string of the molecule is N=C(N)c1cc(Sc2nccs2)ccn1. The van der Waals surface area contributed by atoms with Crippen molar-refractivity contribution in [3.8, 4) is 0 Å². The summed E-state index contributed by atoms with van der Waals surface area (Å²) in [6.07, 6.45) is 3.41. The summed E-state index contributed by atoms with van der Waals surface area (Å²) in [6.45, 7) is 0. The van der Waals surface area contributed by atoms with Crippen LogP contribution in [0.5, 0.6) is 0 Å². The molecule has 0 fully saturated rings. The van der Waals surface area contributed by atoms with Gasteiger partial charge in [-0.15, -0.1) is 11.3 Å². The summed E-state index contributed by atoms with van der Waals surface area (Å²) < 4.78 is 0.968. The summed E-state index contributed by atoms with van der Waals surface area (Å²) in [5.41, 5.74) is 5.85. The maximum absolute atomic E-state index is 7.27. The van der Waals surface area contributed by atoms with Crippen LogP contribution in [0.2, 0.25) is 0 Å². The minimum Gasteiger partial charge on any atom is -0.382 e. The first-order valence-corrected chi connectivity index (χ1v) is 5.83. The van der Waals surface area contributed by atoms with Gasteiger partial charge in [-0.1, -0.05) is 11.8 Å². The Balaban J connectivity index is 2.22. The summed E-state index contributed by atoms with van der Waals surface area (Å²) >= 11 is 3.12. The van der Waals surface area contributed by atoms with E-state index in [9.17, 15) is 0 Å². The van der Waals surface area contributed by atoms with Crippen molar-refractivity contribution in [2.45, 2.75) is 9.24 Å². The second-order valence-electron chi connectivity index (χ2n) is 2.69. The summed E-state index contributed by atoms with van der Waals surface area (Å²) in [5.74, 6) is -0.0170. The lowest BCUT2D eigenvalue weighted by atomic mass is 10.3. The van der Waals surface area contributed by atoms with Crippen molar-refractivity contribution >= 4 is 28.9 Å². The van der Waals surface area contributed by atoms with E-state index >= 15 is 0 Å². The summed E-state index contributed by atoms with van der Waals surface area (Å²) in [4.78, 5) is 9.14. The molecule has 0 radical (unpaired) electrons. The van der Waals surface area contributed by atoms with E-state index in [4.69, 9.17) is 11.1 Å². The van der Waals surface area contributed by atoms with Gasteiger partial charge in [0.05, 0.1) is 0 Å². The summed E-state index contributed by atoms with van der Waals surface area (Å²) in [7, 11) is 0. The number of nitrogen functional groups attached to an aromatic ring is 1. The quantitative estimate of drug-likeness (QED) is 0.631. The minimum absolute atomic E-state index is 0.0170. The van der Waals surface area contributed by atoms with Gasteiger partial charge in [0.2, 0.25) is 0 Å². The zero-order chi connectivity index (χ0) is 10.7. The van der Waals surface area contributed by atoms with Crippen LogP contribution in [0.3, 0.4) is 0 Å². The Labute approximate surface area is 95.1 Å². The Bertz CT molecular complexity index is 467. The van der Waals surface area contributed by atoms with Crippen LogP contribution in [0.1, 0.15) is 5.69 Å². The van der Waals surface area contributed by atoms with Crippen LogP contribution in [0, 0.1) is 5.41 Å². The van der Waals surface area contributed by atoms with E-state index < -0.39 is 0 Å². The van der Waals surface area contributed by atoms with Gasteiger partial charge in [0, 0.05) is 22.7 Å². The van der Waals surface area contributed by atoms with E-state index in [2.05, 4.69) is 9.97 Å². The van der Waals surface area contributed by atoms with Crippen molar-refractivity contribution in [3.05, 3.63) is 35.6 Å². The monoisotopic (exact) mass is 236 g/mol. The van der Waals surface area contributed by atoms with Crippen molar-refractivity contribution in [2.24, 2.45) is 5.73 Å². The van der Waals surface area contributed by atoms with E-state index in [1.807, 2.05) is 11.4 Å². The fourth-order valence-corrected chi connectivity index (χ4v) is 2.61. The number of nitrogens with zero attached hydrogens (tertiary/aromatic N) is 2. The van der Waals surface area contributed by atoms with Crippen LogP contribution >= 0.6 is 23.1 Å². The lowest BCUT2D eigenvalue weighted by Crippen LogP contribution is -2.12. The average molecular weight is 236 g/mol. The van der Waals surface area contributed by atoms with E-state index in [1.165, 1.54) is 0 Å². The van der Waals surface area contributed by atoms with Crippen LogP contribution in [0.25, 0.3) is 0 Å². The molecule has 0 atom stereocenters. The second-order valence-corrected chi connectivity index (χ2v) is 4.91. The van der Waals surface area contributed by atoms with Crippen LogP contribution < -0.4 is 5.73 Å². The number of hydrogen-bond acceptors (Lipinski definition) is 5. The Morgan fingerprint density at radius 2 is 2.27 bits per heavy atom. The molecule has 0 saturated heterocycles. The van der Waals surface area contributed by atoms with Crippen LogP contribution in [0.4, 0.5) is 0 Å². The zero-order valence-electron chi connectivity index (χ0n) is 7.68. The second kappa shape index (κ2) is 4.41. The number of nitrogens with one attached hydrogen (secondary N) is 1. The molecule has 2 aromatic rings. The number of amidine groups is 1. The molecule has 2 rings (SSSR count). The molecule has 0 aromatic carbocycles. The van der Waals surface area contributed by atoms with Gasteiger partial charge in [0.15, 0.2) is 4.34 Å². The maximum Gasteiger partial charge on any atom is 0.154 e. The van der Waals surface area contributed by atoms with Gasteiger partial charge >= 0.3 is 0 Å². The van der Waals surface area contributed by atoms with Gasteiger partial charge in [0.1, 0.15) is 11.5 Å². The third-order valence-corrected chi connectivity index (χ3v) is 3.50. The highest BCUT2D eigenvalue weighted by atomic mass is 32.2. The molecule has 2 aromatic heterocycles. The van der Waals surface area contributed by atoms with Gasteiger partial charge in [-0.2, -0.15) is 0 Å². The smallest absolute Gasteiger partial charge is 0.154 e. The van der Waals surface area contributed by atoms with Crippen molar-refractivity contribution < 1.29 is 0 Å². The first-order chi connectivity index (χ1) is 7.25. The molecule has 3 N–H and O–H groups in total. The molecule has 6 heteroatoms.